The second-order valence-corrected chi connectivity index (χ2v) is 5.97. The Labute approximate surface area is 121 Å². The highest BCUT2D eigenvalue weighted by Crippen LogP contribution is 2.27. The lowest BCUT2D eigenvalue weighted by Gasteiger charge is -2.37. The predicted octanol–water partition coefficient (Wildman–Crippen LogP) is 3.99. The summed E-state index contributed by atoms with van der Waals surface area (Å²) in [6.45, 7) is 2.64. The topological polar surface area (TPSA) is 20.3 Å². The Morgan fingerprint density at radius 3 is 2.72 bits per heavy atom. The zero-order chi connectivity index (χ0) is 13.1. The van der Waals surface area contributed by atoms with Crippen LogP contribution in [0.25, 0.3) is 0 Å². The van der Waals surface area contributed by atoms with E-state index in [0.717, 1.165) is 28.4 Å². The first-order chi connectivity index (χ1) is 8.63. The van der Waals surface area contributed by atoms with Crippen LogP contribution in [-0.4, -0.2) is 29.3 Å². The molecule has 0 radical (unpaired) electrons. The molecule has 1 saturated carbocycles. The van der Waals surface area contributed by atoms with Crippen molar-refractivity contribution in [1.29, 1.82) is 0 Å². The molecule has 18 heavy (non-hydrogen) atoms. The molecule has 2 rings (SSSR count). The fourth-order valence-corrected chi connectivity index (χ4v) is 2.61. The highest BCUT2D eigenvalue weighted by molar-refractivity contribution is 9.10. The summed E-state index contributed by atoms with van der Waals surface area (Å²) in [6, 6.07) is 6.13. The predicted molar refractivity (Wildman–Crippen MR) is 78.3 cm³/mol. The maximum atomic E-state index is 12.5. The summed E-state index contributed by atoms with van der Waals surface area (Å²) in [7, 11) is 0. The Kier molecular flexibility index (Phi) is 4.68. The van der Waals surface area contributed by atoms with Gasteiger partial charge in [-0.3, -0.25) is 4.79 Å². The van der Waals surface area contributed by atoms with E-state index in [2.05, 4.69) is 15.9 Å². The van der Waals surface area contributed by atoms with Crippen molar-refractivity contribution < 1.29 is 4.79 Å². The molecular formula is C14H17BrClNO. The number of nitrogens with zero attached hydrogens (tertiary/aromatic N) is 1. The van der Waals surface area contributed by atoms with Gasteiger partial charge in [-0.15, -0.1) is 11.6 Å². The van der Waals surface area contributed by atoms with Gasteiger partial charge in [-0.1, -0.05) is 15.9 Å². The minimum atomic E-state index is 0.107. The Morgan fingerprint density at radius 2 is 2.22 bits per heavy atom. The summed E-state index contributed by atoms with van der Waals surface area (Å²) < 4.78 is 1.03. The smallest absolute Gasteiger partial charge is 0.254 e. The molecule has 0 heterocycles. The largest absolute Gasteiger partial charge is 0.334 e. The summed E-state index contributed by atoms with van der Waals surface area (Å²) in [6.07, 6.45) is 3.44. The second kappa shape index (κ2) is 6.07. The standard InChI is InChI=1S/C14H17BrClNO/c1-10-9-11(5-6-13(10)15)14(18)17(8-7-16)12-3-2-4-12/h5-6,9,12H,2-4,7-8H2,1H3. The first kappa shape index (κ1) is 13.9. The van der Waals surface area contributed by atoms with Crippen molar-refractivity contribution in [3.63, 3.8) is 0 Å². The van der Waals surface area contributed by atoms with Crippen LogP contribution in [0.1, 0.15) is 35.2 Å². The normalized spacial score (nSPS) is 15.3. The highest BCUT2D eigenvalue weighted by atomic mass is 79.9. The van der Waals surface area contributed by atoms with Gasteiger partial charge in [-0.2, -0.15) is 0 Å². The molecule has 4 heteroatoms. The molecule has 1 aliphatic carbocycles. The fourth-order valence-electron chi connectivity index (χ4n) is 2.18. The summed E-state index contributed by atoms with van der Waals surface area (Å²) in [4.78, 5) is 14.4. The number of carbonyl (C=O) groups excluding carboxylic acids is 1. The highest BCUT2D eigenvalue weighted by Gasteiger charge is 2.28. The maximum absolute atomic E-state index is 12.5. The number of alkyl halides is 1. The number of benzene rings is 1. The molecule has 0 aliphatic heterocycles. The van der Waals surface area contributed by atoms with E-state index >= 15 is 0 Å². The molecule has 1 aromatic rings. The number of aryl methyl sites for hydroxylation is 1. The van der Waals surface area contributed by atoms with Crippen LogP contribution in [0.3, 0.4) is 0 Å². The van der Waals surface area contributed by atoms with E-state index in [1.54, 1.807) is 0 Å². The SMILES string of the molecule is Cc1cc(C(=O)N(CCCl)C2CCC2)ccc1Br. The average molecular weight is 331 g/mol. The van der Waals surface area contributed by atoms with E-state index < -0.39 is 0 Å². The fraction of sp³-hybridized carbons (Fsp3) is 0.500. The van der Waals surface area contributed by atoms with Gasteiger partial charge in [-0.05, 0) is 49.9 Å². The van der Waals surface area contributed by atoms with Crippen LogP contribution >= 0.6 is 27.5 Å². The molecule has 98 valence electrons. The molecule has 1 aromatic carbocycles. The zero-order valence-electron chi connectivity index (χ0n) is 10.5. The number of hydrogen-bond acceptors (Lipinski definition) is 1. The van der Waals surface area contributed by atoms with Crippen molar-refractivity contribution in [1.82, 2.24) is 4.90 Å². The molecule has 1 amide bonds. The van der Waals surface area contributed by atoms with E-state index in [1.165, 1.54) is 6.42 Å². The van der Waals surface area contributed by atoms with Gasteiger partial charge in [0.2, 0.25) is 0 Å². The summed E-state index contributed by atoms with van der Waals surface area (Å²) in [5.74, 6) is 0.605. The number of hydrogen-bond donors (Lipinski definition) is 0. The molecule has 0 saturated heterocycles. The lowest BCUT2D eigenvalue weighted by Crippen LogP contribution is -2.45. The monoisotopic (exact) mass is 329 g/mol. The van der Waals surface area contributed by atoms with Crippen molar-refractivity contribution in [2.45, 2.75) is 32.2 Å². The molecule has 2 nitrogen and oxygen atoms in total. The van der Waals surface area contributed by atoms with Gasteiger partial charge < -0.3 is 4.90 Å². The van der Waals surface area contributed by atoms with Crippen molar-refractivity contribution in [3.05, 3.63) is 33.8 Å². The third-order valence-corrected chi connectivity index (χ3v) is 4.57. The Morgan fingerprint density at radius 1 is 1.50 bits per heavy atom. The summed E-state index contributed by atoms with van der Waals surface area (Å²) in [5.41, 5.74) is 1.84. The van der Waals surface area contributed by atoms with Gasteiger partial charge in [0.25, 0.3) is 5.91 Å². The van der Waals surface area contributed by atoms with Gasteiger partial charge in [0.1, 0.15) is 0 Å². The maximum Gasteiger partial charge on any atom is 0.254 e. The molecule has 0 unspecified atom stereocenters. The third kappa shape index (κ3) is 2.89. The van der Waals surface area contributed by atoms with Gasteiger partial charge in [0, 0.05) is 28.5 Å². The van der Waals surface area contributed by atoms with Gasteiger partial charge >= 0.3 is 0 Å². The molecule has 0 aromatic heterocycles. The van der Waals surface area contributed by atoms with Crippen molar-refractivity contribution in [2.75, 3.05) is 12.4 Å². The van der Waals surface area contributed by atoms with Crippen LogP contribution in [0, 0.1) is 6.92 Å². The van der Waals surface area contributed by atoms with E-state index in [4.69, 9.17) is 11.6 Å². The lowest BCUT2D eigenvalue weighted by atomic mass is 9.91. The van der Waals surface area contributed by atoms with Crippen molar-refractivity contribution in [2.24, 2.45) is 0 Å². The first-order valence-electron chi connectivity index (χ1n) is 6.26. The molecule has 1 aliphatic rings. The van der Waals surface area contributed by atoms with Crippen LogP contribution < -0.4 is 0 Å². The van der Waals surface area contributed by atoms with Crippen molar-refractivity contribution in [3.8, 4) is 0 Å². The molecule has 1 fully saturated rings. The van der Waals surface area contributed by atoms with E-state index in [-0.39, 0.29) is 5.91 Å². The van der Waals surface area contributed by atoms with E-state index in [1.807, 2.05) is 30.0 Å². The number of halogens is 2. The molecule has 0 N–H and O–H groups in total. The lowest BCUT2D eigenvalue weighted by molar-refractivity contribution is 0.0598. The first-order valence-corrected chi connectivity index (χ1v) is 7.59. The van der Waals surface area contributed by atoms with Crippen LogP contribution in [0.5, 0.6) is 0 Å². The minimum absolute atomic E-state index is 0.107. The Hall–Kier alpha value is -0.540. The second-order valence-electron chi connectivity index (χ2n) is 4.74. The van der Waals surface area contributed by atoms with Gasteiger partial charge in [-0.25, -0.2) is 0 Å². The van der Waals surface area contributed by atoms with Crippen LogP contribution in [-0.2, 0) is 0 Å². The Balaban J connectivity index is 2.18. The molecular weight excluding hydrogens is 314 g/mol. The number of rotatable bonds is 4. The zero-order valence-corrected chi connectivity index (χ0v) is 12.8. The van der Waals surface area contributed by atoms with Crippen LogP contribution in [0.15, 0.2) is 22.7 Å². The van der Waals surface area contributed by atoms with Crippen LogP contribution in [0.4, 0.5) is 0 Å². The average Bonchev–Trinajstić information content (AvgIpc) is 2.29. The quantitative estimate of drug-likeness (QED) is 0.764. The molecule has 0 spiro atoms. The third-order valence-electron chi connectivity index (χ3n) is 3.51. The van der Waals surface area contributed by atoms with Gasteiger partial charge in [0.05, 0.1) is 0 Å². The van der Waals surface area contributed by atoms with Gasteiger partial charge in [0.15, 0.2) is 0 Å². The van der Waals surface area contributed by atoms with E-state index in [9.17, 15) is 4.79 Å². The van der Waals surface area contributed by atoms with Crippen LogP contribution in [0.2, 0.25) is 0 Å². The number of carbonyl (C=O) groups is 1. The molecule has 0 bridgehead atoms. The summed E-state index contributed by atoms with van der Waals surface area (Å²) in [5, 5.41) is 0. The Bertz CT molecular complexity index is 445. The summed E-state index contributed by atoms with van der Waals surface area (Å²) >= 11 is 9.26. The van der Waals surface area contributed by atoms with E-state index in [0.29, 0.717) is 18.5 Å². The number of amides is 1. The minimum Gasteiger partial charge on any atom is -0.334 e. The van der Waals surface area contributed by atoms with Crippen molar-refractivity contribution >= 4 is 33.4 Å². The molecule has 0 atom stereocenters.